The van der Waals surface area contributed by atoms with Crippen molar-refractivity contribution in [2.75, 3.05) is 41.3 Å². The summed E-state index contributed by atoms with van der Waals surface area (Å²) in [4.78, 5) is 4.36. The average molecular weight is 276 g/mol. The highest BCUT2D eigenvalue weighted by molar-refractivity contribution is 7.96. The summed E-state index contributed by atoms with van der Waals surface area (Å²) in [5, 5.41) is 0. The van der Waals surface area contributed by atoms with Crippen LogP contribution in [0.2, 0.25) is 0 Å². The highest BCUT2D eigenvalue weighted by atomic mass is 32.0. The molecule has 0 fully saturated rings. The van der Waals surface area contributed by atoms with Gasteiger partial charge in [-0.2, -0.15) is 0 Å². The third-order valence-corrected chi connectivity index (χ3v) is 0.994. The molecule has 4 nitrogen and oxygen atoms in total. The Balaban J connectivity index is -0.000000168. The van der Waals surface area contributed by atoms with E-state index in [0.717, 1.165) is 13.1 Å². The van der Waals surface area contributed by atoms with Crippen molar-refractivity contribution in [3.05, 3.63) is 0 Å². The summed E-state index contributed by atoms with van der Waals surface area (Å²) in [6.07, 6.45) is 0. The van der Waals surface area contributed by atoms with Crippen LogP contribution in [0.4, 0.5) is 0 Å². The molecule has 0 aliphatic heterocycles. The zero-order valence-electron chi connectivity index (χ0n) is 9.17. The largest absolute Gasteiger partial charge is 0.308 e. The van der Waals surface area contributed by atoms with Crippen molar-refractivity contribution >= 4 is 34.2 Å². The first-order chi connectivity index (χ1) is 6.45. The van der Waals surface area contributed by atoms with Gasteiger partial charge in [0.25, 0.3) is 0 Å². The van der Waals surface area contributed by atoms with Crippen molar-refractivity contribution in [2.45, 2.75) is 0 Å². The van der Waals surface area contributed by atoms with Crippen molar-refractivity contribution < 1.29 is 9.13 Å². The molecule has 0 aromatic rings. The van der Waals surface area contributed by atoms with Crippen molar-refractivity contribution in [3.8, 4) is 0 Å². The fraction of sp³-hybridized carbons (Fsp3) is 1.00. The molecular formula is C6H20N2O2P4. The minimum absolute atomic E-state index is 0.0833. The molecule has 0 aromatic heterocycles. The Hall–Kier alpha value is 0.980. The predicted molar refractivity (Wildman–Crippen MR) is 71.7 cm³/mol. The Kier molecular flexibility index (Phi) is 28.5. The van der Waals surface area contributed by atoms with E-state index in [1.807, 2.05) is 17.9 Å². The Morgan fingerprint density at radius 2 is 1.00 bits per heavy atom. The maximum absolute atomic E-state index is 8.87. The summed E-state index contributed by atoms with van der Waals surface area (Å²) in [6.45, 7) is 2.29. The second-order valence-electron chi connectivity index (χ2n) is 2.82. The molecule has 0 radical (unpaired) electrons. The van der Waals surface area contributed by atoms with Gasteiger partial charge in [0.2, 0.25) is 0 Å². The molecule has 0 N–H and O–H groups in total. The predicted octanol–water partition coefficient (Wildman–Crippen LogP) is 2.25. The summed E-state index contributed by atoms with van der Waals surface area (Å²) >= 11 is 0. The van der Waals surface area contributed by atoms with E-state index >= 15 is 0 Å². The fourth-order valence-corrected chi connectivity index (χ4v) is 0.400. The molecule has 0 aromatic carbocycles. The van der Waals surface area contributed by atoms with Crippen LogP contribution in [-0.2, 0) is 9.13 Å². The molecular weight excluding hydrogens is 256 g/mol. The van der Waals surface area contributed by atoms with Crippen LogP contribution in [-0.4, -0.2) is 51.1 Å². The molecule has 0 rings (SSSR count). The van der Waals surface area contributed by atoms with E-state index in [4.69, 9.17) is 9.13 Å². The number of likely N-dealkylation sites (N-methyl/N-ethyl adjacent to an activating group) is 2. The highest BCUT2D eigenvalue weighted by Gasteiger charge is 1.89. The second kappa shape index (κ2) is 19.5. The van der Waals surface area contributed by atoms with Crippen molar-refractivity contribution in [3.63, 3.8) is 0 Å². The minimum atomic E-state index is 0.0833. The molecule has 0 aliphatic rings. The number of hydrogen-bond acceptors (Lipinski definition) is 4. The minimum Gasteiger partial charge on any atom is -0.308 e. The van der Waals surface area contributed by atoms with E-state index in [1.54, 1.807) is 0 Å². The Morgan fingerprint density at radius 3 is 1.07 bits per heavy atom. The van der Waals surface area contributed by atoms with Crippen LogP contribution in [0.15, 0.2) is 0 Å². The van der Waals surface area contributed by atoms with E-state index in [0.29, 0.717) is 0 Å². The van der Waals surface area contributed by atoms with Gasteiger partial charge in [0.05, 0.1) is 0 Å². The van der Waals surface area contributed by atoms with Crippen molar-refractivity contribution in [1.82, 2.24) is 9.80 Å². The third-order valence-electron chi connectivity index (χ3n) is 0.994. The van der Waals surface area contributed by atoms with E-state index in [9.17, 15) is 0 Å². The van der Waals surface area contributed by atoms with E-state index < -0.39 is 0 Å². The second-order valence-corrected chi connectivity index (χ2v) is 4.50. The first kappa shape index (κ1) is 20.4. The van der Waals surface area contributed by atoms with Crippen LogP contribution in [0, 0.1) is 0 Å². The van der Waals surface area contributed by atoms with Gasteiger partial charge in [-0.25, -0.2) is 0 Å². The van der Waals surface area contributed by atoms with Gasteiger partial charge >= 0.3 is 0 Å². The molecule has 0 amide bonds. The number of rotatable bonds is 3. The first-order valence-electron chi connectivity index (χ1n) is 3.80. The molecule has 0 heterocycles. The quantitative estimate of drug-likeness (QED) is 0.741. The monoisotopic (exact) mass is 276 g/mol. The molecule has 8 heteroatoms. The first-order valence-corrected chi connectivity index (χ1v) is 8.66. The summed E-state index contributed by atoms with van der Waals surface area (Å²) in [6, 6.07) is 0. The van der Waals surface area contributed by atoms with Gasteiger partial charge in [-0.05, 0) is 46.0 Å². The number of hydrogen-bond donors (Lipinski definition) is 0. The van der Waals surface area contributed by atoms with Crippen LogP contribution >= 0.6 is 34.2 Å². The van der Waals surface area contributed by atoms with Crippen LogP contribution in [0.3, 0.4) is 0 Å². The molecule has 14 heavy (non-hydrogen) atoms. The lowest BCUT2D eigenvalue weighted by molar-refractivity contribution is 0.320. The lowest BCUT2D eigenvalue weighted by Crippen LogP contribution is -2.25. The SMILES string of the molecule is CN(C)CCN(C)C.O=PP.O=PP. The van der Waals surface area contributed by atoms with Gasteiger partial charge in [-0.15, -0.1) is 0 Å². The standard InChI is InChI=1S/C6H16N2.2H2OP2/c1-7(2)5-6-8(3)4;2*1-3-2/h5-6H2,1-4H3;2*2H2. The molecule has 0 spiro atoms. The Bertz CT molecular complexity index is 110. The molecule has 2 unspecified atom stereocenters. The van der Waals surface area contributed by atoms with Gasteiger partial charge < -0.3 is 9.80 Å². The Labute approximate surface area is 94.8 Å². The highest BCUT2D eigenvalue weighted by Crippen LogP contribution is 1.99. The van der Waals surface area contributed by atoms with E-state index in [2.05, 4.69) is 38.0 Å². The summed E-state index contributed by atoms with van der Waals surface area (Å²) in [5.41, 5.74) is 0. The average Bonchev–Trinajstić information content (AvgIpc) is 2.04. The van der Waals surface area contributed by atoms with Gasteiger partial charge in [0.15, 0.2) is 16.3 Å². The topological polar surface area (TPSA) is 40.6 Å². The van der Waals surface area contributed by atoms with Crippen molar-refractivity contribution in [1.29, 1.82) is 0 Å². The smallest absolute Gasteiger partial charge is 0.174 e. The van der Waals surface area contributed by atoms with Gasteiger partial charge in [0, 0.05) is 13.1 Å². The summed E-state index contributed by atoms with van der Waals surface area (Å²) in [5.74, 6) is 0. The van der Waals surface area contributed by atoms with Gasteiger partial charge in [0.1, 0.15) is 0 Å². The summed E-state index contributed by atoms with van der Waals surface area (Å²) in [7, 11) is 12.5. The van der Waals surface area contributed by atoms with E-state index in [1.165, 1.54) is 0 Å². The number of nitrogens with zero attached hydrogens (tertiary/aromatic N) is 2. The Morgan fingerprint density at radius 1 is 0.857 bits per heavy atom. The van der Waals surface area contributed by atoms with Crippen LogP contribution < -0.4 is 0 Å². The van der Waals surface area contributed by atoms with Gasteiger partial charge in [-0.1, -0.05) is 0 Å². The third kappa shape index (κ3) is 52.1. The lowest BCUT2D eigenvalue weighted by Gasteiger charge is -2.13. The molecule has 0 saturated heterocycles. The maximum Gasteiger partial charge on any atom is 0.174 e. The lowest BCUT2D eigenvalue weighted by atomic mass is 10.5. The zero-order chi connectivity index (χ0) is 12.0. The van der Waals surface area contributed by atoms with Crippen LogP contribution in [0.1, 0.15) is 0 Å². The molecule has 0 saturated carbocycles. The summed E-state index contributed by atoms with van der Waals surface area (Å²) < 4.78 is 17.7. The van der Waals surface area contributed by atoms with Crippen LogP contribution in [0.5, 0.6) is 0 Å². The fourth-order valence-electron chi connectivity index (χ4n) is 0.400. The molecule has 2 atom stereocenters. The molecule has 0 bridgehead atoms. The molecule has 0 aliphatic carbocycles. The maximum atomic E-state index is 8.87. The van der Waals surface area contributed by atoms with Crippen LogP contribution in [0.25, 0.3) is 0 Å². The van der Waals surface area contributed by atoms with E-state index in [-0.39, 0.29) is 16.3 Å². The zero-order valence-corrected chi connectivity index (χ0v) is 13.3. The molecule has 86 valence electrons. The van der Waals surface area contributed by atoms with Gasteiger partial charge in [-0.3, -0.25) is 9.13 Å². The van der Waals surface area contributed by atoms with Crippen molar-refractivity contribution in [2.24, 2.45) is 0 Å². The normalized spacial score (nSPS) is 9.43.